The Hall–Kier alpha value is -0.390. The van der Waals surface area contributed by atoms with Gasteiger partial charge < -0.3 is 4.52 Å². The molecule has 0 aliphatic carbocycles. The first-order chi connectivity index (χ1) is 5.43. The normalized spacial score (nSPS) is 11.0. The molecule has 2 heteroatoms. The molecule has 0 saturated heterocycles. The smallest absolute Gasteiger partial charge is 0.0756 e. The van der Waals surface area contributed by atoms with E-state index in [9.17, 15) is 0 Å². The molecule has 0 bridgehead atoms. The molecule has 0 amide bonds. The van der Waals surface area contributed by atoms with Crippen molar-refractivity contribution in [2.45, 2.75) is 13.5 Å². The molecule has 0 aliphatic heterocycles. The number of rotatable bonds is 4. The van der Waals surface area contributed by atoms with Crippen LogP contribution in [0.15, 0.2) is 30.3 Å². The quantitative estimate of drug-likeness (QED) is 0.496. The van der Waals surface area contributed by atoms with Crippen LogP contribution in [-0.2, 0) is 11.1 Å². The molecule has 11 heavy (non-hydrogen) atoms. The van der Waals surface area contributed by atoms with Crippen molar-refractivity contribution in [2.24, 2.45) is 0 Å². The van der Waals surface area contributed by atoms with Crippen LogP contribution in [0, 0.1) is 0 Å². The van der Waals surface area contributed by atoms with Crippen LogP contribution in [0.3, 0.4) is 0 Å². The van der Waals surface area contributed by atoms with Crippen LogP contribution in [0.1, 0.15) is 12.5 Å². The van der Waals surface area contributed by atoms with Gasteiger partial charge in [-0.15, -0.1) is 0 Å². The minimum Gasteiger partial charge on any atom is -0.358 e. The summed E-state index contributed by atoms with van der Waals surface area (Å²) >= 11 is 0. The average molecular weight is 168 g/mol. The zero-order chi connectivity index (χ0) is 7.94. The minimum absolute atomic E-state index is 0.640. The molecule has 1 aromatic rings. The van der Waals surface area contributed by atoms with Crippen LogP contribution in [-0.4, -0.2) is 6.16 Å². The van der Waals surface area contributed by atoms with Gasteiger partial charge in [-0.25, -0.2) is 0 Å². The Morgan fingerprint density at radius 2 is 2.00 bits per heavy atom. The summed E-state index contributed by atoms with van der Waals surface area (Å²) in [5.41, 5.74) is 1.26. The Bertz CT molecular complexity index is 186. The van der Waals surface area contributed by atoms with Crippen LogP contribution < -0.4 is 0 Å². The van der Waals surface area contributed by atoms with Gasteiger partial charge >= 0.3 is 0 Å². The summed E-state index contributed by atoms with van der Waals surface area (Å²) in [6, 6.07) is 10.3. The maximum atomic E-state index is 5.40. The van der Waals surface area contributed by atoms with Gasteiger partial charge in [0.1, 0.15) is 0 Å². The van der Waals surface area contributed by atoms with Crippen LogP contribution in [0.5, 0.6) is 0 Å². The van der Waals surface area contributed by atoms with Gasteiger partial charge in [0.2, 0.25) is 0 Å². The van der Waals surface area contributed by atoms with Gasteiger partial charge in [-0.2, -0.15) is 0 Å². The number of benzene rings is 1. The van der Waals surface area contributed by atoms with Crippen molar-refractivity contribution in [3.05, 3.63) is 35.9 Å². The Morgan fingerprint density at radius 1 is 1.27 bits per heavy atom. The van der Waals surface area contributed by atoms with Crippen molar-refractivity contribution in [2.75, 3.05) is 6.16 Å². The van der Waals surface area contributed by atoms with Crippen molar-refractivity contribution < 1.29 is 4.52 Å². The molecule has 0 spiro atoms. The van der Waals surface area contributed by atoms with Gasteiger partial charge in [0.15, 0.2) is 0 Å². The molecule has 0 N–H and O–H groups in total. The van der Waals surface area contributed by atoms with E-state index in [1.165, 1.54) is 5.56 Å². The highest BCUT2D eigenvalue weighted by Crippen LogP contribution is 2.13. The van der Waals surface area contributed by atoms with Gasteiger partial charge in [0.25, 0.3) is 0 Å². The predicted octanol–water partition coefficient (Wildman–Crippen LogP) is 2.82. The van der Waals surface area contributed by atoms with Crippen LogP contribution in [0.25, 0.3) is 0 Å². The first-order valence-electron chi connectivity index (χ1n) is 3.82. The van der Waals surface area contributed by atoms with Gasteiger partial charge in [0.05, 0.1) is 6.61 Å². The summed E-state index contributed by atoms with van der Waals surface area (Å²) in [5, 5.41) is 0. The Labute approximate surface area is 69.6 Å². The molecule has 1 nitrogen and oxygen atoms in total. The largest absolute Gasteiger partial charge is 0.358 e. The van der Waals surface area contributed by atoms with Gasteiger partial charge in [0, 0.05) is 8.81 Å². The van der Waals surface area contributed by atoms with Crippen LogP contribution in [0.2, 0.25) is 0 Å². The summed E-state index contributed by atoms with van der Waals surface area (Å²) in [5.74, 6) is 0. The predicted molar refractivity (Wildman–Crippen MR) is 50.1 cm³/mol. The summed E-state index contributed by atoms with van der Waals surface area (Å²) in [6.45, 7) is 2.89. The van der Waals surface area contributed by atoms with Crippen molar-refractivity contribution in [1.82, 2.24) is 0 Å². The Kier molecular flexibility index (Phi) is 4.18. The van der Waals surface area contributed by atoms with Crippen LogP contribution in [0.4, 0.5) is 0 Å². The van der Waals surface area contributed by atoms with Gasteiger partial charge in [-0.1, -0.05) is 37.3 Å². The average Bonchev–Trinajstić information content (AvgIpc) is 2.07. The summed E-state index contributed by atoms with van der Waals surface area (Å²) < 4.78 is 5.40. The molecular weight excluding hydrogens is 155 g/mol. The molecule has 0 heterocycles. The van der Waals surface area contributed by atoms with Crippen molar-refractivity contribution in [1.29, 1.82) is 0 Å². The Balaban J connectivity index is 2.28. The second kappa shape index (κ2) is 5.29. The zero-order valence-corrected chi connectivity index (χ0v) is 7.71. The highest BCUT2D eigenvalue weighted by molar-refractivity contribution is 7.32. The van der Waals surface area contributed by atoms with Crippen molar-refractivity contribution >= 4 is 8.81 Å². The van der Waals surface area contributed by atoms with Gasteiger partial charge in [-0.05, 0) is 11.7 Å². The second-order valence-corrected chi connectivity index (χ2v) is 3.56. The number of hydrogen-bond donors (Lipinski definition) is 0. The Morgan fingerprint density at radius 3 is 2.64 bits per heavy atom. The summed E-state index contributed by atoms with van der Waals surface area (Å²) in [4.78, 5) is 0. The molecule has 60 valence electrons. The zero-order valence-electron chi connectivity index (χ0n) is 6.71. The lowest BCUT2D eigenvalue weighted by Crippen LogP contribution is -1.83. The third-order valence-corrected chi connectivity index (χ3v) is 1.97. The summed E-state index contributed by atoms with van der Waals surface area (Å²) in [6.07, 6.45) is 1.12. The first-order valence-corrected chi connectivity index (χ1v) is 4.93. The first kappa shape index (κ1) is 8.70. The fourth-order valence-corrected chi connectivity index (χ4v) is 1.28. The van der Waals surface area contributed by atoms with Crippen molar-refractivity contribution in [3.63, 3.8) is 0 Å². The fourth-order valence-electron chi connectivity index (χ4n) is 0.811. The lowest BCUT2D eigenvalue weighted by molar-refractivity contribution is 0.352. The van der Waals surface area contributed by atoms with E-state index in [-0.39, 0.29) is 0 Å². The molecule has 0 radical (unpaired) electrons. The third kappa shape index (κ3) is 3.50. The highest BCUT2D eigenvalue weighted by Gasteiger charge is 1.88. The van der Waals surface area contributed by atoms with E-state index in [0.717, 1.165) is 12.8 Å². The van der Waals surface area contributed by atoms with Crippen molar-refractivity contribution in [3.8, 4) is 0 Å². The molecule has 1 atom stereocenters. The lowest BCUT2D eigenvalue weighted by Gasteiger charge is -2.00. The SMILES string of the molecule is CCPOCc1ccccc1. The van der Waals surface area contributed by atoms with Crippen LogP contribution >= 0.6 is 8.81 Å². The molecule has 0 aromatic heterocycles. The standard InChI is InChI=1S/C9H13OP/c1-2-11-10-8-9-6-4-3-5-7-9/h3-7,11H,2,8H2,1H3. The molecule has 1 aromatic carbocycles. The molecule has 1 rings (SSSR count). The van der Waals surface area contributed by atoms with E-state index in [1.54, 1.807) is 0 Å². The van der Waals surface area contributed by atoms with E-state index in [2.05, 4.69) is 19.1 Å². The molecule has 0 aliphatic rings. The minimum atomic E-state index is 0.640. The van der Waals surface area contributed by atoms with E-state index in [0.29, 0.717) is 8.81 Å². The van der Waals surface area contributed by atoms with E-state index in [1.807, 2.05) is 18.2 Å². The highest BCUT2D eigenvalue weighted by atomic mass is 31.1. The molecule has 0 fully saturated rings. The fraction of sp³-hybridized carbons (Fsp3) is 0.333. The molecular formula is C9H13OP. The maximum Gasteiger partial charge on any atom is 0.0756 e. The number of hydrogen-bond acceptors (Lipinski definition) is 1. The second-order valence-electron chi connectivity index (χ2n) is 2.27. The van der Waals surface area contributed by atoms with Gasteiger partial charge in [-0.3, -0.25) is 0 Å². The van der Waals surface area contributed by atoms with E-state index >= 15 is 0 Å². The monoisotopic (exact) mass is 168 g/mol. The summed E-state index contributed by atoms with van der Waals surface area (Å²) in [7, 11) is 0.640. The third-order valence-electron chi connectivity index (χ3n) is 1.33. The molecule has 0 saturated carbocycles. The van der Waals surface area contributed by atoms with E-state index < -0.39 is 0 Å². The maximum absolute atomic E-state index is 5.40. The lowest BCUT2D eigenvalue weighted by atomic mass is 10.2. The van der Waals surface area contributed by atoms with E-state index in [4.69, 9.17) is 4.52 Å². The molecule has 1 unspecified atom stereocenters. The topological polar surface area (TPSA) is 9.23 Å².